The van der Waals surface area contributed by atoms with Crippen molar-refractivity contribution in [1.82, 2.24) is 0 Å². The van der Waals surface area contributed by atoms with E-state index in [0.29, 0.717) is 0 Å². The molecular weight excluding hydrogens is 312 g/mol. The first-order valence-corrected chi connectivity index (χ1v) is 3.08. The predicted octanol–water partition coefficient (Wildman–Crippen LogP) is 0.711. The van der Waals surface area contributed by atoms with Gasteiger partial charge in [-0.2, -0.15) is 39.5 Å². The first-order chi connectivity index (χ1) is 6.69. The normalized spacial score (nSPS) is 14.0. The molecular formula is C5F12Mg. The summed E-state index contributed by atoms with van der Waals surface area (Å²) in [6.07, 6.45) is -26.5. The van der Waals surface area contributed by atoms with Crippen molar-refractivity contribution in [3.63, 3.8) is 0 Å². The maximum atomic E-state index is 11.7. The van der Waals surface area contributed by atoms with E-state index >= 15 is 0 Å². The molecule has 0 heterocycles. The molecule has 0 unspecified atom stereocenters. The Balaban J connectivity index is -0.00000112. The summed E-state index contributed by atoms with van der Waals surface area (Å²) < 4.78 is 128. The van der Waals surface area contributed by atoms with Gasteiger partial charge in [0.25, 0.3) is 0 Å². The van der Waals surface area contributed by atoms with Crippen LogP contribution >= 0.6 is 0 Å². The van der Waals surface area contributed by atoms with E-state index in [-0.39, 0.29) is 27.8 Å². The van der Waals surface area contributed by atoms with Crippen LogP contribution in [0, 0.1) is 11.8 Å². The number of rotatable bonds is 1. The molecule has 106 valence electrons. The Morgan fingerprint density at radius 1 is 0.556 bits per heavy atom. The summed E-state index contributed by atoms with van der Waals surface area (Å²) in [7, 11) is 0. The third kappa shape index (κ3) is 3.27. The zero-order valence-electron chi connectivity index (χ0n) is 7.74. The van der Waals surface area contributed by atoms with Gasteiger partial charge in [0.1, 0.15) is 0 Å². The molecule has 13 heteroatoms. The van der Waals surface area contributed by atoms with Crippen LogP contribution in [0.1, 0.15) is 0 Å². The Kier molecular flexibility index (Phi) is 7.58. The third-order valence-electron chi connectivity index (χ3n) is 1.56. The first kappa shape index (κ1) is 23.1. The van der Waals surface area contributed by atoms with Gasteiger partial charge in [-0.25, -0.2) is 0 Å². The average molecular weight is 312 g/mol. The van der Waals surface area contributed by atoms with Gasteiger partial charge in [-0.15, -0.1) is 0 Å². The summed E-state index contributed by atoms with van der Waals surface area (Å²) in [6, 6.07) is 0. The van der Waals surface area contributed by atoms with Crippen LogP contribution in [0.25, 0.3) is 0 Å². The van der Waals surface area contributed by atoms with Gasteiger partial charge < -0.3 is 13.5 Å². The minimum absolute atomic E-state index is 0. The second kappa shape index (κ2) is 5.92. The minimum atomic E-state index is -7.23. The van der Waals surface area contributed by atoms with Crippen molar-refractivity contribution >= 4 is 23.1 Å². The van der Waals surface area contributed by atoms with Crippen LogP contribution < -0.4 is 4.70 Å². The molecule has 0 nitrogen and oxygen atoms in total. The van der Waals surface area contributed by atoms with Crippen LogP contribution in [0.4, 0.5) is 48.3 Å². The van der Waals surface area contributed by atoms with Gasteiger partial charge in [0, 0.05) is 6.43 Å². The standard InChI is InChI=1S/C5F11.FH.Mg/c6-1(7)2(3(8,9)10,4(11,12)13)5(14,15)16;;/h;1H;/q-1;;+2/p-1. The quantitative estimate of drug-likeness (QED) is 0.380. The van der Waals surface area contributed by atoms with E-state index in [1.165, 1.54) is 0 Å². The summed E-state index contributed by atoms with van der Waals surface area (Å²) in [5.41, 5.74) is -7.10. The molecule has 0 N–H and O–H groups in total. The second-order valence-electron chi connectivity index (χ2n) is 2.50. The molecule has 0 aromatic carbocycles. The van der Waals surface area contributed by atoms with Crippen molar-refractivity contribution in [2.45, 2.75) is 18.5 Å². The van der Waals surface area contributed by atoms with E-state index in [1.54, 1.807) is 0 Å². The summed E-state index contributed by atoms with van der Waals surface area (Å²) in [5, 5.41) is 0. The SMILES string of the molecule is F[C-](F)C(C(F)(F)F)(C(F)(F)F)C(F)(F)F.[F-].[Mg+2]. The van der Waals surface area contributed by atoms with Crippen molar-refractivity contribution < 1.29 is 53.0 Å². The molecule has 0 bridgehead atoms. The molecule has 0 aliphatic heterocycles. The Bertz CT molecular complexity index is 209. The van der Waals surface area contributed by atoms with Crippen LogP contribution in [-0.4, -0.2) is 41.6 Å². The minimum Gasteiger partial charge on any atom is -1.00 e. The fraction of sp³-hybridized carbons (Fsp3) is 0.800. The summed E-state index contributed by atoms with van der Waals surface area (Å²) in [5.74, 6) is 0. The topological polar surface area (TPSA) is 0 Å². The van der Waals surface area contributed by atoms with Crippen LogP contribution in [0.3, 0.4) is 0 Å². The first-order valence-electron chi connectivity index (χ1n) is 3.08. The van der Waals surface area contributed by atoms with Gasteiger partial charge in [-0.3, -0.25) is 0 Å². The van der Waals surface area contributed by atoms with Crippen molar-refractivity contribution in [2.24, 2.45) is 5.41 Å². The molecule has 0 rings (SSSR count). The number of alkyl halides is 9. The average Bonchev–Trinajstić information content (AvgIpc) is 1.71. The van der Waals surface area contributed by atoms with Gasteiger partial charge in [0.15, 0.2) is 5.41 Å². The summed E-state index contributed by atoms with van der Waals surface area (Å²) in [4.78, 5) is 0. The molecule has 0 radical (unpaired) electrons. The number of hydrogen-bond acceptors (Lipinski definition) is 0. The zero-order valence-corrected chi connectivity index (χ0v) is 9.16. The van der Waals surface area contributed by atoms with Crippen LogP contribution in [0.2, 0.25) is 0 Å². The van der Waals surface area contributed by atoms with Crippen LogP contribution in [-0.2, 0) is 0 Å². The fourth-order valence-corrected chi connectivity index (χ4v) is 0.804. The Hall–Kier alpha value is -0.0738. The van der Waals surface area contributed by atoms with E-state index in [0.717, 1.165) is 0 Å². The maximum absolute atomic E-state index is 11.7. The van der Waals surface area contributed by atoms with E-state index in [2.05, 4.69) is 0 Å². The van der Waals surface area contributed by atoms with Crippen molar-refractivity contribution in [1.29, 1.82) is 0 Å². The van der Waals surface area contributed by atoms with Crippen LogP contribution in [0.15, 0.2) is 0 Å². The largest absolute Gasteiger partial charge is 2.00 e. The molecule has 0 aromatic heterocycles. The fourth-order valence-electron chi connectivity index (χ4n) is 0.804. The van der Waals surface area contributed by atoms with Gasteiger partial charge in [-0.1, -0.05) is 0 Å². The number of halogens is 12. The van der Waals surface area contributed by atoms with Gasteiger partial charge in [0.2, 0.25) is 0 Å². The van der Waals surface area contributed by atoms with Crippen molar-refractivity contribution in [3.8, 4) is 0 Å². The molecule has 18 heavy (non-hydrogen) atoms. The van der Waals surface area contributed by atoms with E-state index in [1.807, 2.05) is 0 Å². The van der Waals surface area contributed by atoms with E-state index in [9.17, 15) is 48.3 Å². The third-order valence-corrected chi connectivity index (χ3v) is 1.56. The Morgan fingerprint density at radius 3 is 0.722 bits per heavy atom. The predicted molar refractivity (Wildman–Crippen MR) is 31.8 cm³/mol. The molecule has 0 spiro atoms. The molecule has 0 aliphatic carbocycles. The molecule has 0 amide bonds. The van der Waals surface area contributed by atoms with Crippen LogP contribution in [0.5, 0.6) is 0 Å². The molecule has 0 aliphatic rings. The second-order valence-corrected chi connectivity index (χ2v) is 2.50. The maximum Gasteiger partial charge on any atom is 2.00 e. The Labute approximate surface area is 107 Å². The zero-order chi connectivity index (χ0) is 13.6. The smallest absolute Gasteiger partial charge is 1.00 e. The molecule has 0 aromatic rings. The Morgan fingerprint density at radius 2 is 0.722 bits per heavy atom. The van der Waals surface area contributed by atoms with E-state index in [4.69, 9.17) is 0 Å². The summed E-state index contributed by atoms with van der Waals surface area (Å²) >= 11 is 0. The molecule has 0 saturated carbocycles. The van der Waals surface area contributed by atoms with Gasteiger partial charge >= 0.3 is 41.6 Å². The van der Waals surface area contributed by atoms with Gasteiger partial charge in [-0.05, 0) is 0 Å². The number of hydrogen-bond donors (Lipinski definition) is 0. The van der Waals surface area contributed by atoms with Crippen molar-refractivity contribution in [2.75, 3.05) is 0 Å². The van der Waals surface area contributed by atoms with E-state index < -0.39 is 30.4 Å². The molecule has 0 fully saturated rings. The monoisotopic (exact) mass is 312 g/mol. The molecule has 0 saturated heterocycles. The van der Waals surface area contributed by atoms with Gasteiger partial charge in [0.05, 0.1) is 0 Å². The van der Waals surface area contributed by atoms with Crippen molar-refractivity contribution in [3.05, 3.63) is 6.43 Å². The summed E-state index contributed by atoms with van der Waals surface area (Å²) in [6.45, 7) is 0. The molecule has 0 atom stereocenters.